The van der Waals surface area contributed by atoms with E-state index in [0.717, 1.165) is 15.7 Å². The zero-order valence-electron chi connectivity index (χ0n) is 9.84. The van der Waals surface area contributed by atoms with Gasteiger partial charge in [0.15, 0.2) is 6.10 Å². The second kappa shape index (κ2) is 5.78. The van der Waals surface area contributed by atoms with E-state index in [1.807, 2.05) is 42.5 Å². The molecule has 2 aromatic rings. The van der Waals surface area contributed by atoms with Gasteiger partial charge in [0.2, 0.25) is 0 Å². The van der Waals surface area contributed by atoms with E-state index < -0.39 is 6.10 Å². The second-order valence-electron chi connectivity index (χ2n) is 3.80. The molecule has 0 amide bonds. The first-order valence-corrected chi connectivity index (χ1v) is 6.30. The second-order valence-corrected chi connectivity index (χ2v) is 4.71. The molecule has 0 aliphatic carbocycles. The Balaban J connectivity index is 2.36. The maximum atomic E-state index is 11.2. The van der Waals surface area contributed by atoms with Crippen molar-refractivity contribution in [2.24, 2.45) is 0 Å². The number of nitrogens with zero attached hydrogens (tertiary/aromatic N) is 1. The van der Waals surface area contributed by atoms with Crippen LogP contribution < -0.4 is 0 Å². The summed E-state index contributed by atoms with van der Waals surface area (Å²) < 4.78 is 6.33. The topological polar surface area (TPSA) is 39.2 Å². The molecule has 0 bridgehead atoms. The zero-order chi connectivity index (χ0) is 13.0. The summed E-state index contributed by atoms with van der Waals surface area (Å²) in [6.07, 6.45) is 1.22. The van der Waals surface area contributed by atoms with Crippen LogP contribution in [0.4, 0.5) is 0 Å². The summed E-state index contributed by atoms with van der Waals surface area (Å²) in [4.78, 5) is 15.5. The molecule has 1 atom stereocenters. The molecule has 92 valence electrons. The Kier molecular flexibility index (Phi) is 4.10. The van der Waals surface area contributed by atoms with Gasteiger partial charge >= 0.3 is 5.97 Å². The average molecular weight is 306 g/mol. The monoisotopic (exact) mass is 305 g/mol. The van der Waals surface area contributed by atoms with Gasteiger partial charge in [-0.25, -0.2) is 0 Å². The minimum Gasteiger partial charge on any atom is -0.451 e. The molecule has 0 fully saturated rings. The van der Waals surface area contributed by atoms with Crippen LogP contribution in [0.25, 0.3) is 0 Å². The van der Waals surface area contributed by atoms with Gasteiger partial charge in [-0.05, 0) is 29.8 Å². The van der Waals surface area contributed by atoms with Gasteiger partial charge in [-0.15, -0.1) is 0 Å². The number of rotatable bonds is 3. The third-order valence-corrected chi connectivity index (χ3v) is 2.94. The number of benzene rings is 1. The van der Waals surface area contributed by atoms with Crippen LogP contribution in [0.5, 0.6) is 0 Å². The van der Waals surface area contributed by atoms with Gasteiger partial charge in [-0.2, -0.15) is 0 Å². The molecule has 2 rings (SSSR count). The lowest BCUT2D eigenvalue weighted by Gasteiger charge is -2.16. The first-order chi connectivity index (χ1) is 8.66. The molecule has 1 heterocycles. The van der Waals surface area contributed by atoms with Crippen molar-refractivity contribution >= 4 is 21.9 Å². The summed E-state index contributed by atoms with van der Waals surface area (Å²) in [5, 5.41) is 0. The Hall–Kier alpha value is -1.68. The lowest BCUT2D eigenvalue weighted by Crippen LogP contribution is -2.11. The standard InChI is InChI=1S/C14H12BrNO2/c1-10(17)18-14(13-4-2-3-9-16-13)11-5-7-12(15)8-6-11/h2-9,14H,1H3. The fourth-order valence-electron chi connectivity index (χ4n) is 1.63. The number of ether oxygens (including phenoxy) is 1. The van der Waals surface area contributed by atoms with Crippen molar-refractivity contribution in [1.29, 1.82) is 0 Å². The number of halogens is 1. The third kappa shape index (κ3) is 3.17. The first-order valence-electron chi connectivity index (χ1n) is 5.50. The number of pyridine rings is 1. The lowest BCUT2D eigenvalue weighted by atomic mass is 10.1. The summed E-state index contributed by atoms with van der Waals surface area (Å²) in [7, 11) is 0. The summed E-state index contributed by atoms with van der Waals surface area (Å²) >= 11 is 3.38. The maximum absolute atomic E-state index is 11.2. The largest absolute Gasteiger partial charge is 0.451 e. The molecular formula is C14H12BrNO2. The summed E-state index contributed by atoms with van der Waals surface area (Å²) in [5.74, 6) is -0.325. The molecule has 0 aliphatic heterocycles. The van der Waals surface area contributed by atoms with Crippen LogP contribution in [0.3, 0.4) is 0 Å². The lowest BCUT2D eigenvalue weighted by molar-refractivity contribution is -0.144. The van der Waals surface area contributed by atoms with Gasteiger partial charge in [0.05, 0.1) is 5.69 Å². The van der Waals surface area contributed by atoms with Gasteiger partial charge in [0, 0.05) is 17.6 Å². The molecule has 0 aliphatic rings. The number of carbonyl (C=O) groups is 1. The van der Waals surface area contributed by atoms with Gasteiger partial charge < -0.3 is 4.74 Å². The molecule has 0 radical (unpaired) electrons. The molecular weight excluding hydrogens is 294 g/mol. The van der Waals surface area contributed by atoms with Crippen LogP contribution in [0.15, 0.2) is 53.1 Å². The highest BCUT2D eigenvalue weighted by Gasteiger charge is 2.18. The highest BCUT2D eigenvalue weighted by atomic mass is 79.9. The van der Waals surface area contributed by atoms with E-state index in [1.54, 1.807) is 6.20 Å². The molecule has 1 aromatic carbocycles. The third-order valence-electron chi connectivity index (χ3n) is 2.41. The molecule has 1 aromatic heterocycles. The Morgan fingerprint density at radius 1 is 1.22 bits per heavy atom. The molecule has 3 nitrogen and oxygen atoms in total. The highest BCUT2D eigenvalue weighted by molar-refractivity contribution is 9.10. The Morgan fingerprint density at radius 2 is 1.94 bits per heavy atom. The molecule has 0 spiro atoms. The first kappa shape index (κ1) is 12.8. The van der Waals surface area contributed by atoms with Crippen molar-refractivity contribution in [2.45, 2.75) is 13.0 Å². The van der Waals surface area contributed by atoms with Gasteiger partial charge in [-0.3, -0.25) is 9.78 Å². The smallest absolute Gasteiger partial charge is 0.303 e. The number of hydrogen-bond donors (Lipinski definition) is 0. The number of hydrogen-bond acceptors (Lipinski definition) is 3. The van der Waals surface area contributed by atoms with Crippen LogP contribution in [-0.4, -0.2) is 11.0 Å². The van der Waals surface area contributed by atoms with Gasteiger partial charge in [0.1, 0.15) is 0 Å². The van der Waals surface area contributed by atoms with Crippen molar-refractivity contribution in [1.82, 2.24) is 4.98 Å². The van der Waals surface area contributed by atoms with Gasteiger partial charge in [0.25, 0.3) is 0 Å². The van der Waals surface area contributed by atoms with Crippen molar-refractivity contribution in [2.75, 3.05) is 0 Å². The summed E-state index contributed by atoms with van der Waals surface area (Å²) in [6.45, 7) is 1.40. The molecule has 4 heteroatoms. The van der Waals surface area contributed by atoms with Crippen molar-refractivity contribution in [3.63, 3.8) is 0 Å². The van der Waals surface area contributed by atoms with E-state index in [9.17, 15) is 4.79 Å². The molecule has 1 unspecified atom stereocenters. The van der Waals surface area contributed by atoms with Crippen LogP contribution >= 0.6 is 15.9 Å². The Labute approximate surface area is 114 Å². The normalized spacial score (nSPS) is 11.9. The van der Waals surface area contributed by atoms with Crippen molar-refractivity contribution in [3.8, 4) is 0 Å². The summed E-state index contributed by atoms with van der Waals surface area (Å²) in [5.41, 5.74) is 1.61. The fraction of sp³-hybridized carbons (Fsp3) is 0.143. The van der Waals surface area contributed by atoms with Crippen LogP contribution in [0, 0.1) is 0 Å². The van der Waals surface area contributed by atoms with E-state index in [1.165, 1.54) is 6.92 Å². The number of aromatic nitrogens is 1. The van der Waals surface area contributed by atoms with Crippen molar-refractivity contribution < 1.29 is 9.53 Å². The predicted octanol–water partition coefficient (Wildman–Crippen LogP) is 3.50. The van der Waals surface area contributed by atoms with Crippen LogP contribution in [-0.2, 0) is 9.53 Å². The van der Waals surface area contributed by atoms with Crippen LogP contribution in [0.1, 0.15) is 24.3 Å². The molecule has 0 saturated carbocycles. The van der Waals surface area contributed by atoms with E-state index in [-0.39, 0.29) is 5.97 Å². The number of carbonyl (C=O) groups excluding carboxylic acids is 1. The Morgan fingerprint density at radius 3 is 2.50 bits per heavy atom. The van der Waals surface area contributed by atoms with E-state index in [4.69, 9.17) is 4.74 Å². The molecule has 18 heavy (non-hydrogen) atoms. The van der Waals surface area contributed by atoms with E-state index >= 15 is 0 Å². The zero-order valence-corrected chi connectivity index (χ0v) is 11.4. The SMILES string of the molecule is CC(=O)OC(c1ccc(Br)cc1)c1ccccn1. The molecule has 0 N–H and O–H groups in total. The highest BCUT2D eigenvalue weighted by Crippen LogP contribution is 2.25. The average Bonchev–Trinajstić information content (AvgIpc) is 2.38. The van der Waals surface area contributed by atoms with Crippen LogP contribution in [0.2, 0.25) is 0 Å². The van der Waals surface area contributed by atoms with E-state index in [0.29, 0.717) is 0 Å². The van der Waals surface area contributed by atoms with Gasteiger partial charge in [-0.1, -0.05) is 34.1 Å². The van der Waals surface area contributed by atoms with Crippen molar-refractivity contribution in [3.05, 3.63) is 64.4 Å². The minimum atomic E-state index is -0.461. The fourth-order valence-corrected chi connectivity index (χ4v) is 1.90. The maximum Gasteiger partial charge on any atom is 0.303 e. The number of esters is 1. The molecule has 0 saturated heterocycles. The minimum absolute atomic E-state index is 0.325. The summed E-state index contributed by atoms with van der Waals surface area (Å²) in [6, 6.07) is 13.2. The predicted molar refractivity (Wildman–Crippen MR) is 72.0 cm³/mol. The quantitative estimate of drug-likeness (QED) is 0.815. The van der Waals surface area contributed by atoms with E-state index in [2.05, 4.69) is 20.9 Å². The Bertz CT molecular complexity index is 525.